The van der Waals surface area contributed by atoms with Gasteiger partial charge in [-0.15, -0.1) is 0 Å². The van der Waals surface area contributed by atoms with Crippen molar-refractivity contribution in [1.29, 1.82) is 0 Å². The smallest absolute Gasteiger partial charge is 0.253 e. The molecule has 2 rings (SSSR count). The highest BCUT2D eigenvalue weighted by atomic mass is 35.5. The number of carbonyl (C=O) groups excluding carboxylic acids is 2. The third-order valence-corrected chi connectivity index (χ3v) is 4.36. The van der Waals surface area contributed by atoms with E-state index in [0.29, 0.717) is 45.8 Å². The number of nitrogens with one attached hydrogen (secondary N) is 1. The van der Waals surface area contributed by atoms with Crippen molar-refractivity contribution in [2.24, 2.45) is 0 Å². The van der Waals surface area contributed by atoms with Gasteiger partial charge in [-0.1, -0.05) is 23.2 Å². The summed E-state index contributed by atoms with van der Waals surface area (Å²) in [5.41, 5.74) is 0.906. The lowest BCUT2D eigenvalue weighted by Crippen LogP contribution is -2.22. The topological polar surface area (TPSA) is 67.9 Å². The zero-order valence-corrected chi connectivity index (χ0v) is 17.4. The van der Waals surface area contributed by atoms with Crippen LogP contribution in [0.3, 0.4) is 0 Å². The Morgan fingerprint density at radius 1 is 1.07 bits per heavy atom. The summed E-state index contributed by atoms with van der Waals surface area (Å²) in [6.07, 6.45) is 0.726. The van der Waals surface area contributed by atoms with E-state index >= 15 is 0 Å². The monoisotopic (exact) mass is 424 g/mol. The molecule has 0 radical (unpaired) electrons. The molecule has 1 N–H and O–H groups in total. The largest absolute Gasteiger partial charge is 0.495 e. The van der Waals surface area contributed by atoms with Crippen molar-refractivity contribution in [3.05, 3.63) is 52.0 Å². The van der Waals surface area contributed by atoms with Crippen LogP contribution in [0.2, 0.25) is 10.0 Å². The number of hydrogen-bond donors (Lipinski definition) is 1. The third-order valence-electron chi connectivity index (χ3n) is 3.83. The van der Waals surface area contributed by atoms with E-state index in [1.807, 2.05) is 0 Å². The molecule has 0 saturated carbocycles. The van der Waals surface area contributed by atoms with E-state index in [4.69, 9.17) is 32.7 Å². The van der Waals surface area contributed by atoms with Crippen molar-refractivity contribution in [3.8, 4) is 11.5 Å². The number of nitrogens with zero attached hydrogens (tertiary/aromatic N) is 1. The Hall–Kier alpha value is -2.44. The predicted molar refractivity (Wildman–Crippen MR) is 111 cm³/mol. The Morgan fingerprint density at radius 2 is 1.79 bits per heavy atom. The van der Waals surface area contributed by atoms with Crippen LogP contribution in [-0.2, 0) is 4.79 Å². The molecule has 150 valence electrons. The lowest BCUT2D eigenvalue weighted by molar-refractivity contribution is -0.116. The van der Waals surface area contributed by atoms with Crippen LogP contribution in [0, 0.1) is 0 Å². The van der Waals surface area contributed by atoms with Gasteiger partial charge in [-0.2, -0.15) is 0 Å². The number of hydrogen-bond acceptors (Lipinski definition) is 4. The molecule has 2 aromatic rings. The molecule has 0 fully saturated rings. The maximum atomic E-state index is 12.3. The van der Waals surface area contributed by atoms with Crippen LogP contribution in [0.1, 0.15) is 23.2 Å². The minimum Gasteiger partial charge on any atom is -0.495 e. The van der Waals surface area contributed by atoms with Crippen molar-refractivity contribution in [3.63, 3.8) is 0 Å². The van der Waals surface area contributed by atoms with Gasteiger partial charge in [-0.05, 0) is 42.8 Å². The van der Waals surface area contributed by atoms with Gasteiger partial charge >= 0.3 is 0 Å². The zero-order chi connectivity index (χ0) is 20.7. The highest BCUT2D eigenvalue weighted by Gasteiger charge is 2.14. The van der Waals surface area contributed by atoms with E-state index in [1.165, 1.54) is 12.0 Å². The fraction of sp³-hybridized carbons (Fsp3) is 0.300. The molecule has 2 amide bonds. The summed E-state index contributed by atoms with van der Waals surface area (Å²) in [7, 11) is 4.83. The van der Waals surface area contributed by atoms with Gasteiger partial charge in [0.05, 0.1) is 24.4 Å². The van der Waals surface area contributed by atoms with Gasteiger partial charge in [0, 0.05) is 31.1 Å². The summed E-state index contributed by atoms with van der Waals surface area (Å²) in [5, 5.41) is 3.73. The molecule has 0 aromatic heterocycles. The first-order chi connectivity index (χ1) is 13.3. The van der Waals surface area contributed by atoms with Gasteiger partial charge in [-0.3, -0.25) is 9.59 Å². The summed E-state index contributed by atoms with van der Waals surface area (Å²) in [6.45, 7) is 0.324. The minimum absolute atomic E-state index is 0.161. The molecule has 0 heterocycles. The van der Waals surface area contributed by atoms with Gasteiger partial charge in [0.2, 0.25) is 5.91 Å². The molecule has 0 aliphatic heterocycles. The number of ether oxygens (including phenoxy) is 2. The quantitative estimate of drug-likeness (QED) is 0.633. The molecule has 0 bridgehead atoms. The Kier molecular flexibility index (Phi) is 7.96. The average Bonchev–Trinajstić information content (AvgIpc) is 2.65. The average molecular weight is 425 g/mol. The van der Waals surface area contributed by atoms with Crippen LogP contribution in [0.25, 0.3) is 0 Å². The van der Waals surface area contributed by atoms with Crippen molar-refractivity contribution in [1.82, 2.24) is 4.90 Å². The molecule has 0 unspecified atom stereocenters. The van der Waals surface area contributed by atoms with E-state index in [0.717, 1.165) is 0 Å². The molecular weight excluding hydrogens is 403 g/mol. The van der Waals surface area contributed by atoms with Crippen LogP contribution in [0.15, 0.2) is 36.4 Å². The van der Waals surface area contributed by atoms with Gasteiger partial charge in [0.1, 0.15) is 11.5 Å². The van der Waals surface area contributed by atoms with E-state index in [-0.39, 0.29) is 18.2 Å². The second-order valence-corrected chi connectivity index (χ2v) is 7.03. The van der Waals surface area contributed by atoms with Crippen LogP contribution >= 0.6 is 23.2 Å². The lowest BCUT2D eigenvalue weighted by Gasteiger charge is -2.14. The van der Waals surface area contributed by atoms with Gasteiger partial charge < -0.3 is 19.7 Å². The van der Waals surface area contributed by atoms with Crippen molar-refractivity contribution >= 4 is 40.7 Å². The normalized spacial score (nSPS) is 10.3. The lowest BCUT2D eigenvalue weighted by atomic mass is 10.1. The Bertz CT molecular complexity index is 856. The van der Waals surface area contributed by atoms with Crippen LogP contribution in [0.5, 0.6) is 11.5 Å². The summed E-state index contributed by atoms with van der Waals surface area (Å²) in [4.78, 5) is 25.8. The highest BCUT2D eigenvalue weighted by molar-refractivity contribution is 6.35. The number of anilines is 1. The Labute approximate surface area is 174 Å². The van der Waals surface area contributed by atoms with Gasteiger partial charge in [0.25, 0.3) is 5.91 Å². The number of halogens is 2. The maximum Gasteiger partial charge on any atom is 0.253 e. The second-order valence-electron chi connectivity index (χ2n) is 6.19. The van der Waals surface area contributed by atoms with Crippen molar-refractivity contribution < 1.29 is 19.1 Å². The molecule has 28 heavy (non-hydrogen) atoms. The first kappa shape index (κ1) is 21.9. The summed E-state index contributed by atoms with van der Waals surface area (Å²) < 4.78 is 10.8. The maximum absolute atomic E-state index is 12.3. The molecule has 0 spiro atoms. The minimum atomic E-state index is -0.210. The molecule has 8 heteroatoms. The Morgan fingerprint density at radius 3 is 2.43 bits per heavy atom. The van der Waals surface area contributed by atoms with Crippen LogP contribution in [-0.4, -0.2) is 44.5 Å². The molecule has 2 aromatic carbocycles. The Balaban J connectivity index is 1.91. The van der Waals surface area contributed by atoms with E-state index < -0.39 is 0 Å². The zero-order valence-electron chi connectivity index (χ0n) is 15.9. The fourth-order valence-electron chi connectivity index (χ4n) is 2.42. The predicted octanol–water partition coefficient (Wildman–Crippen LogP) is 4.50. The third kappa shape index (κ3) is 6.04. The first-order valence-electron chi connectivity index (χ1n) is 8.59. The summed E-state index contributed by atoms with van der Waals surface area (Å²) in [6, 6.07) is 9.87. The molecule has 6 nitrogen and oxygen atoms in total. The number of rotatable bonds is 8. The van der Waals surface area contributed by atoms with E-state index in [1.54, 1.807) is 50.5 Å². The summed E-state index contributed by atoms with van der Waals surface area (Å²) >= 11 is 11.9. The molecular formula is C20H22Cl2N2O4. The van der Waals surface area contributed by atoms with E-state index in [9.17, 15) is 9.59 Å². The standard InChI is InChI=1S/C20H22Cl2N2O4/c1-24(2)20(26)13-6-8-18(27-3)16(11-13)23-19(25)5-4-10-28-17-9-7-14(21)12-15(17)22/h6-9,11-12H,4-5,10H2,1-3H3,(H,23,25). The number of carbonyl (C=O) groups is 2. The molecule has 0 saturated heterocycles. The number of benzene rings is 2. The first-order valence-corrected chi connectivity index (χ1v) is 9.34. The molecule has 0 aliphatic carbocycles. The van der Waals surface area contributed by atoms with Gasteiger partial charge in [-0.25, -0.2) is 0 Å². The number of amides is 2. The van der Waals surface area contributed by atoms with Gasteiger partial charge in [0.15, 0.2) is 0 Å². The SMILES string of the molecule is COc1ccc(C(=O)N(C)C)cc1NC(=O)CCCOc1ccc(Cl)cc1Cl. The molecule has 0 aliphatic rings. The van der Waals surface area contributed by atoms with Crippen LogP contribution in [0.4, 0.5) is 5.69 Å². The second kappa shape index (κ2) is 10.2. The summed E-state index contributed by atoms with van der Waals surface area (Å²) in [5.74, 6) is 0.626. The van der Waals surface area contributed by atoms with Crippen molar-refractivity contribution in [2.45, 2.75) is 12.8 Å². The molecule has 0 atom stereocenters. The van der Waals surface area contributed by atoms with Crippen LogP contribution < -0.4 is 14.8 Å². The number of methoxy groups -OCH3 is 1. The van der Waals surface area contributed by atoms with E-state index in [2.05, 4.69) is 5.32 Å². The highest BCUT2D eigenvalue weighted by Crippen LogP contribution is 2.28. The van der Waals surface area contributed by atoms with Crippen molar-refractivity contribution in [2.75, 3.05) is 33.1 Å². The fourth-order valence-corrected chi connectivity index (χ4v) is 2.88.